The van der Waals surface area contributed by atoms with Gasteiger partial charge in [-0.1, -0.05) is 29.3 Å². The maximum absolute atomic E-state index is 9.67. The lowest BCUT2D eigenvalue weighted by Gasteiger charge is -2.31. The number of ether oxygens (including phenoxy) is 1. The second-order valence-corrected chi connectivity index (χ2v) is 5.66. The maximum Gasteiger partial charge on any atom is 0.122 e. The molecule has 0 bridgehead atoms. The summed E-state index contributed by atoms with van der Waals surface area (Å²) in [6.45, 7) is 2.69. The van der Waals surface area contributed by atoms with Gasteiger partial charge >= 0.3 is 0 Å². The minimum atomic E-state index is -0.247. The third-order valence-corrected chi connectivity index (χ3v) is 3.85. The fourth-order valence-electron chi connectivity index (χ4n) is 2.28. The van der Waals surface area contributed by atoms with Crippen molar-refractivity contribution < 1.29 is 9.84 Å². The van der Waals surface area contributed by atoms with Gasteiger partial charge in [-0.25, -0.2) is 0 Å². The van der Waals surface area contributed by atoms with Crippen LogP contribution >= 0.6 is 15.9 Å². The maximum atomic E-state index is 9.67. The lowest BCUT2D eigenvalue weighted by molar-refractivity contribution is 0.120. The molecule has 0 aliphatic carbocycles. The van der Waals surface area contributed by atoms with Crippen LogP contribution in [-0.4, -0.2) is 25.4 Å². The number of aliphatic hydroxyl groups excluding tert-OH is 1. The number of methoxy groups -OCH3 is 1. The first-order valence-corrected chi connectivity index (χ1v) is 7.03. The first kappa shape index (κ1) is 15.5. The van der Waals surface area contributed by atoms with Gasteiger partial charge in [0.05, 0.1) is 13.7 Å². The monoisotopic (exact) mass is 315 g/mol. The van der Waals surface area contributed by atoms with E-state index >= 15 is 0 Å². The molecule has 102 valence electrons. The quantitative estimate of drug-likeness (QED) is 0.813. The zero-order chi connectivity index (χ0) is 13.6. The van der Waals surface area contributed by atoms with Crippen molar-refractivity contribution in [1.82, 2.24) is 0 Å². The van der Waals surface area contributed by atoms with E-state index in [1.807, 2.05) is 18.2 Å². The van der Waals surface area contributed by atoms with Crippen molar-refractivity contribution in [2.45, 2.75) is 26.2 Å². The second-order valence-electron chi connectivity index (χ2n) is 4.75. The summed E-state index contributed by atoms with van der Waals surface area (Å²) in [6.07, 6.45) is 2.65. The summed E-state index contributed by atoms with van der Waals surface area (Å²) in [6, 6.07) is 5.92. The summed E-state index contributed by atoms with van der Waals surface area (Å²) in [4.78, 5) is 0. The van der Waals surface area contributed by atoms with E-state index in [-0.39, 0.29) is 12.0 Å². The second kappa shape index (κ2) is 7.12. The minimum absolute atomic E-state index is 0.104. The summed E-state index contributed by atoms with van der Waals surface area (Å²) < 4.78 is 6.38. The summed E-state index contributed by atoms with van der Waals surface area (Å²) in [5.74, 6) is 0.848. The Hall–Kier alpha value is -0.580. The zero-order valence-corrected chi connectivity index (χ0v) is 12.7. The van der Waals surface area contributed by atoms with Gasteiger partial charge in [-0.3, -0.25) is 0 Å². The van der Waals surface area contributed by atoms with Gasteiger partial charge in [-0.15, -0.1) is 0 Å². The summed E-state index contributed by atoms with van der Waals surface area (Å²) >= 11 is 3.47. The molecule has 18 heavy (non-hydrogen) atoms. The molecule has 1 aromatic carbocycles. The molecule has 0 amide bonds. The Morgan fingerprint density at radius 3 is 2.67 bits per heavy atom. The Bertz CT molecular complexity index is 378. The molecule has 0 heterocycles. The molecule has 3 nitrogen and oxygen atoms in total. The topological polar surface area (TPSA) is 55.5 Å². The van der Waals surface area contributed by atoms with Crippen molar-refractivity contribution in [3.05, 3.63) is 28.2 Å². The highest BCUT2D eigenvalue weighted by Crippen LogP contribution is 2.32. The average Bonchev–Trinajstić information content (AvgIpc) is 2.38. The standard InChI is InChI=1S/C14H22BrNO2/c1-3-6-14(9-16,10-17)8-11-7-12(15)4-5-13(11)18-2/h4-5,7,17H,3,6,8-10,16H2,1-2H3. The van der Waals surface area contributed by atoms with Crippen LogP contribution in [0, 0.1) is 5.41 Å². The van der Waals surface area contributed by atoms with Gasteiger partial charge in [0.2, 0.25) is 0 Å². The van der Waals surface area contributed by atoms with Crippen molar-refractivity contribution in [1.29, 1.82) is 0 Å². The molecule has 0 spiro atoms. The molecule has 0 aliphatic rings. The molecule has 0 aliphatic heterocycles. The predicted octanol–water partition coefficient (Wildman–Crippen LogP) is 2.74. The van der Waals surface area contributed by atoms with Crippen LogP contribution < -0.4 is 10.5 Å². The van der Waals surface area contributed by atoms with Crippen LogP contribution in [0.4, 0.5) is 0 Å². The van der Waals surface area contributed by atoms with Crippen LogP contribution in [0.1, 0.15) is 25.3 Å². The van der Waals surface area contributed by atoms with Crippen LogP contribution in [0.3, 0.4) is 0 Å². The van der Waals surface area contributed by atoms with E-state index in [0.29, 0.717) is 6.54 Å². The van der Waals surface area contributed by atoms with Gasteiger partial charge < -0.3 is 15.6 Å². The highest BCUT2D eigenvalue weighted by Gasteiger charge is 2.28. The normalized spacial score (nSPS) is 14.3. The van der Waals surface area contributed by atoms with Crippen LogP contribution in [0.25, 0.3) is 0 Å². The molecule has 1 unspecified atom stereocenters. The summed E-state index contributed by atoms with van der Waals surface area (Å²) in [5, 5.41) is 9.67. The fourth-order valence-corrected chi connectivity index (χ4v) is 2.69. The SMILES string of the molecule is CCCC(CN)(CO)Cc1cc(Br)ccc1OC. The Morgan fingerprint density at radius 2 is 2.17 bits per heavy atom. The van der Waals surface area contributed by atoms with E-state index in [1.165, 1.54) is 0 Å². The molecule has 0 aromatic heterocycles. The lowest BCUT2D eigenvalue weighted by Crippen LogP contribution is -2.36. The molecule has 1 aromatic rings. The van der Waals surface area contributed by atoms with Crippen molar-refractivity contribution in [2.75, 3.05) is 20.3 Å². The van der Waals surface area contributed by atoms with Gasteiger partial charge in [0.15, 0.2) is 0 Å². The molecule has 3 N–H and O–H groups in total. The number of hydrogen-bond donors (Lipinski definition) is 2. The highest BCUT2D eigenvalue weighted by molar-refractivity contribution is 9.10. The molecule has 1 rings (SSSR count). The number of halogens is 1. The van der Waals surface area contributed by atoms with Gasteiger partial charge in [0.25, 0.3) is 0 Å². The third kappa shape index (κ3) is 3.70. The van der Waals surface area contributed by atoms with Crippen LogP contribution in [0.5, 0.6) is 5.75 Å². The van der Waals surface area contributed by atoms with E-state index in [4.69, 9.17) is 10.5 Å². The molecular weight excluding hydrogens is 294 g/mol. The smallest absolute Gasteiger partial charge is 0.122 e. The van der Waals surface area contributed by atoms with Crippen molar-refractivity contribution >= 4 is 15.9 Å². The van der Waals surface area contributed by atoms with E-state index in [0.717, 1.165) is 35.0 Å². The molecular formula is C14H22BrNO2. The van der Waals surface area contributed by atoms with E-state index in [2.05, 4.69) is 22.9 Å². The molecule has 4 heteroatoms. The summed E-state index contributed by atoms with van der Waals surface area (Å²) in [5.41, 5.74) is 6.71. The van der Waals surface area contributed by atoms with E-state index in [9.17, 15) is 5.11 Å². The molecule has 0 radical (unpaired) electrons. The number of nitrogens with two attached hydrogens (primary N) is 1. The van der Waals surface area contributed by atoms with Crippen LogP contribution in [-0.2, 0) is 6.42 Å². The van der Waals surface area contributed by atoms with Crippen LogP contribution in [0.2, 0.25) is 0 Å². The van der Waals surface area contributed by atoms with Gasteiger partial charge in [-0.05, 0) is 36.6 Å². The van der Waals surface area contributed by atoms with Crippen molar-refractivity contribution in [3.8, 4) is 5.75 Å². The van der Waals surface area contributed by atoms with Crippen molar-refractivity contribution in [2.24, 2.45) is 11.1 Å². The largest absolute Gasteiger partial charge is 0.496 e. The number of hydrogen-bond acceptors (Lipinski definition) is 3. The predicted molar refractivity (Wildman–Crippen MR) is 77.9 cm³/mol. The third-order valence-electron chi connectivity index (χ3n) is 3.36. The number of rotatable bonds is 7. The number of benzene rings is 1. The van der Waals surface area contributed by atoms with Gasteiger partial charge in [-0.2, -0.15) is 0 Å². The Kier molecular flexibility index (Phi) is 6.12. The van der Waals surface area contributed by atoms with E-state index < -0.39 is 0 Å². The Morgan fingerprint density at radius 1 is 1.44 bits per heavy atom. The molecule has 0 saturated carbocycles. The Balaban J connectivity index is 3.02. The van der Waals surface area contributed by atoms with Crippen molar-refractivity contribution in [3.63, 3.8) is 0 Å². The molecule has 0 fully saturated rings. The average molecular weight is 316 g/mol. The molecule has 1 atom stereocenters. The Labute approximate surface area is 117 Å². The van der Waals surface area contributed by atoms with Gasteiger partial charge in [0.1, 0.15) is 5.75 Å². The molecule has 0 saturated heterocycles. The lowest BCUT2D eigenvalue weighted by atomic mass is 9.78. The van der Waals surface area contributed by atoms with Crippen LogP contribution in [0.15, 0.2) is 22.7 Å². The fraction of sp³-hybridized carbons (Fsp3) is 0.571. The zero-order valence-electron chi connectivity index (χ0n) is 11.1. The number of aliphatic hydroxyl groups is 1. The highest BCUT2D eigenvalue weighted by atomic mass is 79.9. The van der Waals surface area contributed by atoms with E-state index in [1.54, 1.807) is 7.11 Å². The summed E-state index contributed by atoms with van der Waals surface area (Å²) in [7, 11) is 1.66. The van der Waals surface area contributed by atoms with Gasteiger partial charge in [0, 0.05) is 16.4 Å². The minimum Gasteiger partial charge on any atom is -0.496 e. The first-order valence-electron chi connectivity index (χ1n) is 6.24. The first-order chi connectivity index (χ1) is 8.60.